The Labute approximate surface area is 154 Å². The van der Waals surface area contributed by atoms with Gasteiger partial charge < -0.3 is 0 Å². The topological polar surface area (TPSA) is 0 Å². The summed E-state index contributed by atoms with van der Waals surface area (Å²) in [6.45, 7) is 0.394. The minimum atomic E-state index is -1.87. The molecule has 3 rings (SSSR count). The summed E-state index contributed by atoms with van der Waals surface area (Å²) in [7, 11) is -1.87. The smallest absolute Gasteiger partial charge is 0.0620 e. The van der Waals surface area contributed by atoms with Crippen LogP contribution in [0.4, 0.5) is 0 Å². The molecule has 0 saturated heterocycles. The van der Waals surface area contributed by atoms with Crippen molar-refractivity contribution in [2.24, 2.45) is 0 Å². The minimum absolute atomic E-state index is 0. The standard InChI is InChI=1S/C19H18P.Y/c1-20(17-11-5-2-6-12-17,18-13-7-3-8-14-18)19-15-9-4-10-16-19;/h2-16H,1H3;/q+1;/i1D;. The Morgan fingerprint density at radius 1 is 0.571 bits per heavy atom. The van der Waals surface area contributed by atoms with Crippen LogP contribution in [0.1, 0.15) is 1.37 Å². The van der Waals surface area contributed by atoms with Crippen molar-refractivity contribution in [3.63, 3.8) is 0 Å². The van der Waals surface area contributed by atoms with E-state index in [4.69, 9.17) is 1.37 Å². The Bertz CT molecular complexity index is 590. The molecule has 21 heavy (non-hydrogen) atoms. The number of benzene rings is 3. The van der Waals surface area contributed by atoms with Crippen molar-refractivity contribution in [2.45, 2.75) is 0 Å². The Balaban J connectivity index is 0.00000176. The molecule has 0 unspecified atom stereocenters. The molecule has 0 nitrogen and oxygen atoms in total. The zero-order chi connectivity index (χ0) is 14.5. The van der Waals surface area contributed by atoms with E-state index >= 15 is 0 Å². The maximum Gasteiger partial charge on any atom is 0.109 e. The van der Waals surface area contributed by atoms with Gasteiger partial charge in [0.15, 0.2) is 0 Å². The van der Waals surface area contributed by atoms with E-state index in [-0.39, 0.29) is 32.7 Å². The van der Waals surface area contributed by atoms with Gasteiger partial charge in [-0.2, -0.15) is 0 Å². The van der Waals surface area contributed by atoms with Gasteiger partial charge in [-0.1, -0.05) is 54.6 Å². The Kier molecular flexibility index (Phi) is 5.36. The Morgan fingerprint density at radius 3 is 1.10 bits per heavy atom. The number of rotatable bonds is 3. The van der Waals surface area contributed by atoms with E-state index in [2.05, 4.69) is 72.8 Å². The molecule has 0 N–H and O–H groups in total. The van der Waals surface area contributed by atoms with E-state index in [1.807, 2.05) is 18.2 Å². The van der Waals surface area contributed by atoms with Crippen molar-refractivity contribution < 1.29 is 34.1 Å². The van der Waals surface area contributed by atoms with E-state index < -0.39 is 7.26 Å². The van der Waals surface area contributed by atoms with E-state index in [0.29, 0.717) is 6.64 Å². The molecular formula is C19H18PY+. The molecule has 1 radical (unpaired) electrons. The fraction of sp³-hybridized carbons (Fsp3) is 0.0526. The van der Waals surface area contributed by atoms with Crippen molar-refractivity contribution in [3.05, 3.63) is 91.0 Å². The quantitative estimate of drug-likeness (QED) is 0.621. The molecule has 0 aliphatic rings. The van der Waals surface area contributed by atoms with E-state index in [1.165, 1.54) is 15.9 Å². The van der Waals surface area contributed by atoms with Gasteiger partial charge in [0.2, 0.25) is 0 Å². The van der Waals surface area contributed by atoms with Gasteiger partial charge in [0.05, 0.1) is 8.01 Å². The molecule has 0 amide bonds. The molecule has 0 spiro atoms. The summed E-state index contributed by atoms with van der Waals surface area (Å²) < 4.78 is 8.37. The van der Waals surface area contributed by atoms with Crippen LogP contribution >= 0.6 is 7.26 Å². The van der Waals surface area contributed by atoms with Gasteiger partial charge in [0.25, 0.3) is 0 Å². The molecule has 0 saturated carbocycles. The molecule has 3 aromatic rings. The fourth-order valence-electron chi connectivity index (χ4n) is 2.49. The first-order valence-electron chi connectivity index (χ1n) is 7.43. The average molecular weight is 367 g/mol. The van der Waals surface area contributed by atoms with Crippen LogP contribution in [0.5, 0.6) is 0 Å². The molecule has 0 bridgehead atoms. The van der Waals surface area contributed by atoms with Crippen LogP contribution in [0.25, 0.3) is 0 Å². The van der Waals surface area contributed by atoms with E-state index in [0.717, 1.165) is 0 Å². The zero-order valence-electron chi connectivity index (χ0n) is 12.9. The first-order chi connectivity index (χ1) is 10.4. The largest absolute Gasteiger partial charge is 0.109 e. The van der Waals surface area contributed by atoms with Crippen LogP contribution in [0.3, 0.4) is 0 Å². The molecular weight excluding hydrogens is 348 g/mol. The maximum absolute atomic E-state index is 8.37. The van der Waals surface area contributed by atoms with E-state index in [1.54, 1.807) is 0 Å². The van der Waals surface area contributed by atoms with Gasteiger partial charge in [0, 0.05) is 32.7 Å². The van der Waals surface area contributed by atoms with Crippen molar-refractivity contribution in [1.82, 2.24) is 0 Å². The van der Waals surface area contributed by atoms with Gasteiger partial charge in [-0.25, -0.2) is 0 Å². The molecule has 0 aromatic heterocycles. The van der Waals surface area contributed by atoms with Crippen molar-refractivity contribution in [1.29, 1.82) is 0 Å². The van der Waals surface area contributed by atoms with Gasteiger partial charge in [-0.3, -0.25) is 0 Å². The first-order valence-corrected chi connectivity index (χ1v) is 8.69. The normalized spacial score (nSPS) is 11.3. The van der Waals surface area contributed by atoms with Crippen molar-refractivity contribution in [2.75, 3.05) is 6.64 Å². The third kappa shape index (κ3) is 3.34. The molecule has 0 aliphatic heterocycles. The van der Waals surface area contributed by atoms with Crippen LogP contribution in [0.15, 0.2) is 91.0 Å². The summed E-state index contributed by atoms with van der Waals surface area (Å²) in [5.74, 6) is 0. The second-order valence-electron chi connectivity index (χ2n) is 4.82. The van der Waals surface area contributed by atoms with Gasteiger partial charge >= 0.3 is 0 Å². The fourth-order valence-corrected chi connectivity index (χ4v) is 5.43. The summed E-state index contributed by atoms with van der Waals surface area (Å²) in [4.78, 5) is 0. The number of hydrogen-bond acceptors (Lipinski definition) is 0. The summed E-state index contributed by atoms with van der Waals surface area (Å²) >= 11 is 0. The van der Waals surface area contributed by atoms with Crippen LogP contribution in [0, 0.1) is 0 Å². The average Bonchev–Trinajstić information content (AvgIpc) is 2.59. The minimum Gasteiger partial charge on any atom is -0.0620 e. The van der Waals surface area contributed by atoms with Gasteiger partial charge in [-0.05, 0) is 36.4 Å². The summed E-state index contributed by atoms with van der Waals surface area (Å²) in [5, 5.41) is 3.83. The van der Waals surface area contributed by atoms with Crippen molar-refractivity contribution >= 4 is 23.2 Å². The zero-order valence-corrected chi connectivity index (χ0v) is 15.6. The van der Waals surface area contributed by atoms with Crippen LogP contribution in [0.2, 0.25) is 0 Å². The van der Waals surface area contributed by atoms with Gasteiger partial charge in [-0.15, -0.1) is 0 Å². The SMILES string of the molecule is [2H]C[P+](c1ccccc1)(c1ccccc1)c1ccccc1.[Y]. The summed E-state index contributed by atoms with van der Waals surface area (Å²) in [6, 6.07) is 31.6. The third-order valence-corrected chi connectivity index (χ3v) is 7.13. The second kappa shape index (κ2) is 7.45. The summed E-state index contributed by atoms with van der Waals surface area (Å²) in [6.07, 6.45) is 0. The van der Waals surface area contributed by atoms with E-state index in [9.17, 15) is 0 Å². The molecule has 3 aromatic carbocycles. The monoisotopic (exact) mass is 367 g/mol. The summed E-state index contributed by atoms with van der Waals surface area (Å²) in [5.41, 5.74) is 0. The molecule has 0 heterocycles. The second-order valence-corrected chi connectivity index (χ2v) is 7.99. The molecule has 101 valence electrons. The van der Waals surface area contributed by atoms with Gasteiger partial charge in [0.1, 0.15) is 23.2 Å². The maximum atomic E-state index is 8.37. The molecule has 0 aliphatic carbocycles. The van der Waals surface area contributed by atoms with Crippen LogP contribution in [-0.2, 0) is 32.7 Å². The van der Waals surface area contributed by atoms with Crippen molar-refractivity contribution in [3.8, 4) is 0 Å². The third-order valence-electron chi connectivity index (χ3n) is 3.59. The Morgan fingerprint density at radius 2 is 0.857 bits per heavy atom. The Hall–Kier alpha value is -0.806. The number of hydrogen-bond donors (Lipinski definition) is 0. The first kappa shape index (κ1) is 15.1. The molecule has 0 atom stereocenters. The molecule has 2 heteroatoms. The van der Waals surface area contributed by atoms with Crippen LogP contribution in [-0.4, -0.2) is 6.64 Å². The predicted molar refractivity (Wildman–Crippen MR) is 91.1 cm³/mol. The van der Waals surface area contributed by atoms with Crippen LogP contribution < -0.4 is 15.9 Å². The molecule has 0 fully saturated rings. The predicted octanol–water partition coefficient (Wildman–Crippen LogP) is 3.61.